The predicted octanol–water partition coefficient (Wildman–Crippen LogP) is 1.96. The molecular formula is C16H19ClFN3O. The molecule has 0 aliphatic carbocycles. The largest absolute Gasteiger partial charge is 0.390 e. The van der Waals surface area contributed by atoms with Gasteiger partial charge in [0.15, 0.2) is 0 Å². The minimum atomic E-state index is -0.490. The summed E-state index contributed by atoms with van der Waals surface area (Å²) in [5, 5.41) is 11.2. The van der Waals surface area contributed by atoms with Crippen LogP contribution in [-0.4, -0.2) is 46.8 Å². The first-order chi connectivity index (χ1) is 10.5. The Morgan fingerprint density at radius 3 is 3.05 bits per heavy atom. The molecule has 0 unspecified atom stereocenters. The Kier molecular flexibility index (Phi) is 4.59. The molecule has 22 heavy (non-hydrogen) atoms. The molecule has 1 saturated heterocycles. The fourth-order valence-electron chi connectivity index (χ4n) is 2.94. The van der Waals surface area contributed by atoms with Gasteiger partial charge in [-0.25, -0.2) is 4.39 Å². The molecule has 1 aliphatic heterocycles. The normalized spacial score (nSPS) is 23.1. The van der Waals surface area contributed by atoms with Crippen LogP contribution in [0.25, 0.3) is 10.9 Å². The van der Waals surface area contributed by atoms with Crippen molar-refractivity contribution in [2.75, 3.05) is 19.6 Å². The van der Waals surface area contributed by atoms with E-state index in [1.54, 1.807) is 12.3 Å². The SMILES string of the molecule is N[C@@H]1CCN(CCc2c(Cl)cnc3ccc(F)cc23)C[C@@H]1O. The number of piperidine rings is 1. The number of fused-ring (bicyclic) bond motifs is 1. The quantitative estimate of drug-likeness (QED) is 0.906. The highest BCUT2D eigenvalue weighted by Crippen LogP contribution is 2.26. The maximum absolute atomic E-state index is 13.5. The van der Waals surface area contributed by atoms with Crippen molar-refractivity contribution in [3.63, 3.8) is 0 Å². The van der Waals surface area contributed by atoms with E-state index in [0.717, 1.165) is 36.0 Å². The smallest absolute Gasteiger partial charge is 0.123 e. The van der Waals surface area contributed by atoms with Crippen molar-refractivity contribution in [1.82, 2.24) is 9.88 Å². The van der Waals surface area contributed by atoms with Gasteiger partial charge < -0.3 is 15.7 Å². The lowest BCUT2D eigenvalue weighted by Gasteiger charge is -2.34. The molecule has 3 rings (SSSR count). The molecule has 118 valence electrons. The maximum atomic E-state index is 13.5. The van der Waals surface area contributed by atoms with Gasteiger partial charge in [-0.15, -0.1) is 0 Å². The van der Waals surface area contributed by atoms with Gasteiger partial charge in [0.2, 0.25) is 0 Å². The summed E-state index contributed by atoms with van der Waals surface area (Å²) in [5.41, 5.74) is 7.45. The molecule has 2 aromatic rings. The minimum absolute atomic E-state index is 0.143. The first-order valence-electron chi connectivity index (χ1n) is 7.43. The molecule has 1 fully saturated rings. The van der Waals surface area contributed by atoms with Crippen LogP contribution in [0.5, 0.6) is 0 Å². The van der Waals surface area contributed by atoms with Gasteiger partial charge in [-0.2, -0.15) is 0 Å². The summed E-state index contributed by atoms with van der Waals surface area (Å²) in [4.78, 5) is 6.39. The first-order valence-corrected chi connectivity index (χ1v) is 7.81. The van der Waals surface area contributed by atoms with Crippen LogP contribution < -0.4 is 5.73 Å². The number of nitrogens with two attached hydrogens (primary N) is 1. The second kappa shape index (κ2) is 6.46. The number of hydrogen-bond donors (Lipinski definition) is 2. The minimum Gasteiger partial charge on any atom is -0.390 e. The summed E-state index contributed by atoms with van der Waals surface area (Å²) >= 11 is 6.25. The summed E-state index contributed by atoms with van der Waals surface area (Å²) in [6, 6.07) is 4.39. The van der Waals surface area contributed by atoms with Crippen molar-refractivity contribution in [2.45, 2.75) is 25.0 Å². The van der Waals surface area contributed by atoms with Crippen molar-refractivity contribution in [1.29, 1.82) is 0 Å². The Balaban J connectivity index is 1.79. The summed E-state index contributed by atoms with van der Waals surface area (Å²) in [6.45, 7) is 2.17. The molecule has 1 aromatic heterocycles. The summed E-state index contributed by atoms with van der Waals surface area (Å²) in [5.74, 6) is -0.294. The van der Waals surface area contributed by atoms with Crippen LogP contribution >= 0.6 is 11.6 Å². The van der Waals surface area contributed by atoms with Crippen LogP contribution in [0.3, 0.4) is 0 Å². The van der Waals surface area contributed by atoms with Gasteiger partial charge in [0, 0.05) is 30.7 Å². The summed E-state index contributed by atoms with van der Waals surface area (Å²) < 4.78 is 13.5. The molecule has 0 spiro atoms. The number of aromatic nitrogens is 1. The number of hydrogen-bond acceptors (Lipinski definition) is 4. The van der Waals surface area contributed by atoms with Crippen LogP contribution in [0.15, 0.2) is 24.4 Å². The molecule has 0 saturated carbocycles. The average Bonchev–Trinajstić information content (AvgIpc) is 2.49. The van der Waals surface area contributed by atoms with Crippen molar-refractivity contribution in [3.05, 3.63) is 40.8 Å². The van der Waals surface area contributed by atoms with E-state index < -0.39 is 6.10 Å². The zero-order valence-electron chi connectivity index (χ0n) is 12.2. The molecular weight excluding hydrogens is 305 g/mol. The van der Waals surface area contributed by atoms with Crippen molar-refractivity contribution < 1.29 is 9.50 Å². The molecule has 4 nitrogen and oxygen atoms in total. The van der Waals surface area contributed by atoms with Gasteiger partial charge in [0.25, 0.3) is 0 Å². The highest BCUT2D eigenvalue weighted by molar-refractivity contribution is 6.32. The van der Waals surface area contributed by atoms with Crippen LogP contribution in [-0.2, 0) is 6.42 Å². The van der Waals surface area contributed by atoms with Crippen molar-refractivity contribution in [2.24, 2.45) is 5.73 Å². The molecule has 2 heterocycles. The first kappa shape index (κ1) is 15.6. The number of benzene rings is 1. The molecule has 2 atom stereocenters. The molecule has 6 heteroatoms. The number of nitrogens with zero attached hydrogens (tertiary/aromatic N) is 2. The van der Waals surface area contributed by atoms with E-state index in [2.05, 4.69) is 9.88 Å². The monoisotopic (exact) mass is 323 g/mol. The Labute approximate surface area is 133 Å². The third-order valence-electron chi connectivity index (χ3n) is 4.29. The standard InChI is InChI=1S/C16H19ClFN3O/c17-13-8-20-15-2-1-10(18)7-12(15)11(13)3-5-21-6-4-14(19)16(22)9-21/h1-2,7-8,14,16,22H,3-6,9,19H2/t14-,16+/m1/s1. The van der Waals surface area contributed by atoms with E-state index in [1.165, 1.54) is 12.1 Å². The Bertz CT molecular complexity index is 676. The highest BCUT2D eigenvalue weighted by atomic mass is 35.5. The number of halogens is 2. The van der Waals surface area contributed by atoms with Gasteiger partial charge in [0.1, 0.15) is 5.82 Å². The van der Waals surface area contributed by atoms with E-state index in [9.17, 15) is 9.50 Å². The third-order valence-corrected chi connectivity index (χ3v) is 4.61. The lowest BCUT2D eigenvalue weighted by atomic mass is 10.0. The Morgan fingerprint density at radius 1 is 1.45 bits per heavy atom. The fraction of sp³-hybridized carbons (Fsp3) is 0.438. The number of pyridine rings is 1. The van der Waals surface area contributed by atoms with Crippen LogP contribution in [0, 0.1) is 5.82 Å². The fourth-order valence-corrected chi connectivity index (χ4v) is 3.18. The van der Waals surface area contributed by atoms with E-state index in [-0.39, 0.29) is 11.9 Å². The van der Waals surface area contributed by atoms with E-state index in [4.69, 9.17) is 17.3 Å². The molecule has 0 bridgehead atoms. The number of β-amino-alcohol motifs (C(OH)–C–C–N with tert-alkyl or cyclic N) is 1. The second-order valence-corrected chi connectivity index (χ2v) is 6.22. The summed E-state index contributed by atoms with van der Waals surface area (Å²) in [7, 11) is 0. The number of rotatable bonds is 3. The highest BCUT2D eigenvalue weighted by Gasteiger charge is 2.24. The van der Waals surface area contributed by atoms with Gasteiger partial charge >= 0.3 is 0 Å². The van der Waals surface area contributed by atoms with Crippen LogP contribution in [0.1, 0.15) is 12.0 Å². The summed E-state index contributed by atoms with van der Waals surface area (Å²) in [6.07, 6.45) is 2.58. The lowest BCUT2D eigenvalue weighted by Crippen LogP contribution is -2.50. The topological polar surface area (TPSA) is 62.4 Å². The molecule has 3 N–H and O–H groups in total. The third kappa shape index (κ3) is 3.22. The van der Waals surface area contributed by atoms with E-state index in [0.29, 0.717) is 18.0 Å². The number of likely N-dealkylation sites (tertiary alicyclic amines) is 1. The van der Waals surface area contributed by atoms with Gasteiger partial charge in [-0.1, -0.05) is 11.6 Å². The maximum Gasteiger partial charge on any atom is 0.123 e. The zero-order valence-corrected chi connectivity index (χ0v) is 12.9. The molecule has 0 amide bonds. The number of aliphatic hydroxyl groups is 1. The van der Waals surface area contributed by atoms with Crippen molar-refractivity contribution in [3.8, 4) is 0 Å². The lowest BCUT2D eigenvalue weighted by molar-refractivity contribution is 0.0542. The van der Waals surface area contributed by atoms with Crippen molar-refractivity contribution >= 4 is 22.5 Å². The van der Waals surface area contributed by atoms with Gasteiger partial charge in [0.05, 0.1) is 16.6 Å². The molecule has 0 radical (unpaired) electrons. The predicted molar refractivity (Wildman–Crippen MR) is 85.5 cm³/mol. The Hall–Kier alpha value is -1.27. The van der Waals surface area contributed by atoms with E-state index >= 15 is 0 Å². The molecule has 1 aromatic carbocycles. The molecule has 1 aliphatic rings. The average molecular weight is 324 g/mol. The van der Waals surface area contributed by atoms with Gasteiger partial charge in [-0.05, 0) is 43.1 Å². The Morgan fingerprint density at radius 2 is 2.27 bits per heavy atom. The number of aliphatic hydroxyl groups excluding tert-OH is 1. The van der Waals surface area contributed by atoms with Gasteiger partial charge in [-0.3, -0.25) is 4.98 Å². The van der Waals surface area contributed by atoms with E-state index in [1.807, 2.05) is 0 Å². The second-order valence-electron chi connectivity index (χ2n) is 5.82. The zero-order chi connectivity index (χ0) is 15.7. The van der Waals surface area contributed by atoms with Crippen LogP contribution in [0.4, 0.5) is 4.39 Å². The van der Waals surface area contributed by atoms with Crippen LogP contribution in [0.2, 0.25) is 5.02 Å².